The topological polar surface area (TPSA) is 104 Å². The number of benzene rings is 2. The molecule has 178 valence electrons. The van der Waals surface area contributed by atoms with Crippen LogP contribution in [0.2, 0.25) is 0 Å². The van der Waals surface area contributed by atoms with Crippen molar-refractivity contribution < 1.29 is 18.0 Å². The van der Waals surface area contributed by atoms with Gasteiger partial charge in [-0.1, -0.05) is 24.3 Å². The standard InChI is InChI=1S/C24H31N3O4S2/c1-16-7-8-17(2)22(13-16)33(30,31)27-21(11-12-32-3)24(29)25-15-18-5-4-6-20(14-18)26-23(28)19-9-10-19/h4-8,13-14,19,21,27H,9-12,15H2,1-3H3,(H,25,29)(H,26,28). The van der Waals surface area contributed by atoms with Gasteiger partial charge < -0.3 is 10.6 Å². The summed E-state index contributed by atoms with van der Waals surface area (Å²) in [6.45, 7) is 3.80. The van der Waals surface area contributed by atoms with Crippen molar-refractivity contribution in [2.24, 2.45) is 5.92 Å². The SMILES string of the molecule is CSCCC(NS(=O)(=O)c1cc(C)ccc1C)C(=O)NCc1cccc(NC(=O)C2CC2)c1. The fraction of sp³-hybridized carbons (Fsp3) is 0.417. The van der Waals surface area contributed by atoms with Crippen LogP contribution in [0.25, 0.3) is 0 Å². The smallest absolute Gasteiger partial charge is 0.241 e. The quantitative estimate of drug-likeness (QED) is 0.449. The third-order valence-corrected chi connectivity index (χ3v) is 7.72. The number of hydrogen-bond donors (Lipinski definition) is 3. The lowest BCUT2D eigenvalue weighted by Gasteiger charge is -2.19. The summed E-state index contributed by atoms with van der Waals surface area (Å²) in [5.74, 6) is 0.380. The van der Waals surface area contributed by atoms with Crippen LogP contribution in [0.4, 0.5) is 5.69 Å². The average molecular weight is 490 g/mol. The molecule has 3 N–H and O–H groups in total. The van der Waals surface area contributed by atoms with Crippen molar-refractivity contribution >= 4 is 39.3 Å². The average Bonchev–Trinajstić information content (AvgIpc) is 3.62. The summed E-state index contributed by atoms with van der Waals surface area (Å²) in [4.78, 5) is 25.1. The summed E-state index contributed by atoms with van der Waals surface area (Å²) < 4.78 is 28.6. The van der Waals surface area contributed by atoms with Crippen LogP contribution in [-0.4, -0.2) is 38.3 Å². The zero-order valence-corrected chi connectivity index (χ0v) is 20.8. The van der Waals surface area contributed by atoms with Gasteiger partial charge in [0.1, 0.15) is 6.04 Å². The summed E-state index contributed by atoms with van der Waals surface area (Å²) in [7, 11) is -3.86. The van der Waals surface area contributed by atoms with Crippen LogP contribution in [0.5, 0.6) is 0 Å². The molecule has 0 aliphatic heterocycles. The number of amides is 2. The fourth-order valence-corrected chi connectivity index (χ4v) is 5.42. The van der Waals surface area contributed by atoms with Gasteiger partial charge in [-0.2, -0.15) is 16.5 Å². The molecule has 0 heterocycles. The minimum Gasteiger partial charge on any atom is -0.351 e. The molecule has 0 radical (unpaired) electrons. The van der Waals surface area contributed by atoms with Crippen molar-refractivity contribution in [2.75, 3.05) is 17.3 Å². The van der Waals surface area contributed by atoms with Gasteiger partial charge in [-0.3, -0.25) is 9.59 Å². The number of carbonyl (C=O) groups is 2. The molecule has 33 heavy (non-hydrogen) atoms. The molecule has 9 heteroatoms. The lowest BCUT2D eigenvalue weighted by Crippen LogP contribution is -2.46. The third kappa shape index (κ3) is 7.31. The second-order valence-electron chi connectivity index (χ2n) is 8.41. The van der Waals surface area contributed by atoms with E-state index in [0.29, 0.717) is 23.4 Å². The number of rotatable bonds is 11. The molecule has 1 saturated carbocycles. The maximum absolute atomic E-state index is 13.0. The number of nitrogens with one attached hydrogen (secondary N) is 3. The molecule has 0 aromatic heterocycles. The van der Waals surface area contributed by atoms with Gasteiger partial charge in [-0.25, -0.2) is 8.42 Å². The second-order valence-corrected chi connectivity index (χ2v) is 11.1. The van der Waals surface area contributed by atoms with Crippen LogP contribution in [0, 0.1) is 19.8 Å². The molecule has 2 aromatic rings. The van der Waals surface area contributed by atoms with Gasteiger partial charge in [0.15, 0.2) is 0 Å². The lowest BCUT2D eigenvalue weighted by atomic mass is 10.1. The molecular weight excluding hydrogens is 458 g/mol. The second kappa shape index (κ2) is 11.2. The predicted molar refractivity (Wildman–Crippen MR) is 133 cm³/mol. The Morgan fingerprint density at radius 3 is 2.58 bits per heavy atom. The van der Waals surface area contributed by atoms with Gasteiger partial charge in [0.05, 0.1) is 4.90 Å². The first-order valence-electron chi connectivity index (χ1n) is 11.0. The summed E-state index contributed by atoms with van der Waals surface area (Å²) in [5, 5.41) is 5.73. The van der Waals surface area contributed by atoms with Crippen molar-refractivity contribution in [3.8, 4) is 0 Å². The highest BCUT2D eigenvalue weighted by atomic mass is 32.2. The molecule has 0 saturated heterocycles. The van der Waals surface area contributed by atoms with E-state index in [1.165, 1.54) is 0 Å². The number of anilines is 1. The normalized spacial score (nSPS) is 14.5. The Labute approximate surface area is 200 Å². The van der Waals surface area contributed by atoms with Crippen molar-refractivity contribution in [2.45, 2.75) is 50.6 Å². The molecule has 2 aromatic carbocycles. The Morgan fingerprint density at radius 2 is 1.88 bits per heavy atom. The minimum absolute atomic E-state index is 0.0224. The van der Waals surface area contributed by atoms with Crippen LogP contribution in [-0.2, 0) is 26.2 Å². The van der Waals surface area contributed by atoms with E-state index in [-0.39, 0.29) is 29.2 Å². The molecule has 0 spiro atoms. The largest absolute Gasteiger partial charge is 0.351 e. The van der Waals surface area contributed by atoms with E-state index < -0.39 is 16.1 Å². The minimum atomic E-state index is -3.86. The number of thioether (sulfide) groups is 1. The maximum Gasteiger partial charge on any atom is 0.241 e. The van der Waals surface area contributed by atoms with Gasteiger partial charge in [-0.15, -0.1) is 0 Å². The molecular formula is C24H31N3O4S2. The molecule has 1 aliphatic carbocycles. The van der Waals surface area contributed by atoms with Crippen molar-refractivity contribution in [1.29, 1.82) is 0 Å². The molecule has 3 rings (SSSR count). The summed E-state index contributed by atoms with van der Waals surface area (Å²) in [6, 6.07) is 11.6. The molecule has 1 aliphatic rings. The molecule has 0 bridgehead atoms. The number of sulfonamides is 1. The molecule has 1 fully saturated rings. The number of hydrogen-bond acceptors (Lipinski definition) is 5. The van der Waals surface area contributed by atoms with Gasteiger partial charge in [-0.05, 0) is 80.0 Å². The molecule has 7 nitrogen and oxygen atoms in total. The highest BCUT2D eigenvalue weighted by molar-refractivity contribution is 7.98. The van der Waals surface area contributed by atoms with E-state index in [4.69, 9.17) is 0 Å². The Kier molecular flexibility index (Phi) is 8.56. The zero-order chi connectivity index (χ0) is 24.0. The predicted octanol–water partition coefficient (Wildman–Crippen LogP) is 3.37. The van der Waals surface area contributed by atoms with Gasteiger partial charge in [0.2, 0.25) is 21.8 Å². The Bertz CT molecular complexity index is 1110. The summed E-state index contributed by atoms with van der Waals surface area (Å²) in [5.41, 5.74) is 2.97. The van der Waals surface area contributed by atoms with Gasteiger partial charge in [0, 0.05) is 18.2 Å². The summed E-state index contributed by atoms with van der Waals surface area (Å²) in [6.07, 6.45) is 4.14. The molecule has 1 unspecified atom stereocenters. The van der Waals surface area contributed by atoms with Crippen LogP contribution >= 0.6 is 11.8 Å². The van der Waals surface area contributed by atoms with Crippen molar-refractivity contribution in [1.82, 2.24) is 10.0 Å². The van der Waals surface area contributed by atoms with E-state index in [2.05, 4.69) is 15.4 Å². The summed E-state index contributed by atoms with van der Waals surface area (Å²) >= 11 is 1.55. The number of carbonyl (C=O) groups excluding carboxylic acids is 2. The van der Waals surface area contributed by atoms with Crippen LogP contribution < -0.4 is 15.4 Å². The van der Waals surface area contributed by atoms with Gasteiger partial charge >= 0.3 is 0 Å². The Balaban J connectivity index is 1.66. The lowest BCUT2D eigenvalue weighted by molar-refractivity contribution is -0.123. The van der Waals surface area contributed by atoms with Crippen molar-refractivity contribution in [3.63, 3.8) is 0 Å². The van der Waals surface area contributed by atoms with E-state index in [0.717, 1.165) is 24.0 Å². The first-order valence-corrected chi connectivity index (χ1v) is 13.8. The third-order valence-electron chi connectivity index (χ3n) is 5.47. The van der Waals surface area contributed by atoms with Crippen LogP contribution in [0.3, 0.4) is 0 Å². The first kappa shape index (κ1) is 25.3. The monoisotopic (exact) mass is 489 g/mol. The van der Waals surface area contributed by atoms with E-state index in [1.807, 2.05) is 43.5 Å². The fourth-order valence-electron chi connectivity index (χ4n) is 3.39. The van der Waals surface area contributed by atoms with Gasteiger partial charge in [0.25, 0.3) is 0 Å². The number of aryl methyl sites for hydroxylation is 2. The van der Waals surface area contributed by atoms with E-state index >= 15 is 0 Å². The van der Waals surface area contributed by atoms with Crippen LogP contribution in [0.1, 0.15) is 36.0 Å². The Morgan fingerprint density at radius 1 is 1.12 bits per heavy atom. The zero-order valence-electron chi connectivity index (χ0n) is 19.2. The van der Waals surface area contributed by atoms with Crippen LogP contribution in [0.15, 0.2) is 47.4 Å². The maximum atomic E-state index is 13.0. The molecule has 1 atom stereocenters. The first-order chi connectivity index (χ1) is 15.7. The highest BCUT2D eigenvalue weighted by Gasteiger charge is 2.29. The molecule has 2 amide bonds. The Hall–Kier alpha value is -2.36. The van der Waals surface area contributed by atoms with E-state index in [9.17, 15) is 18.0 Å². The van der Waals surface area contributed by atoms with E-state index in [1.54, 1.807) is 30.8 Å². The highest BCUT2D eigenvalue weighted by Crippen LogP contribution is 2.30. The van der Waals surface area contributed by atoms with Crippen molar-refractivity contribution in [3.05, 3.63) is 59.2 Å².